The number of benzene rings is 4. The van der Waals surface area contributed by atoms with E-state index in [-0.39, 0.29) is 59.6 Å². The van der Waals surface area contributed by atoms with Crippen LogP contribution >= 0.6 is 6.21 Å². The molecule has 4 aromatic carbocycles. The Hall–Kier alpha value is -1.86. The molecule has 14 heteroatoms. The van der Waals surface area contributed by atoms with E-state index in [1.165, 1.54) is 28.8 Å². The van der Waals surface area contributed by atoms with Gasteiger partial charge in [-0.15, -0.1) is 0 Å². The van der Waals surface area contributed by atoms with Gasteiger partial charge in [-0.05, 0) is 82.9 Å². The molecule has 46 heavy (non-hydrogen) atoms. The van der Waals surface area contributed by atoms with Gasteiger partial charge in [-0.2, -0.15) is 0 Å². The Morgan fingerprint density at radius 1 is 0.739 bits per heavy atom. The summed E-state index contributed by atoms with van der Waals surface area (Å²) < 4.78 is 74.8. The van der Waals surface area contributed by atoms with Crippen molar-refractivity contribution in [2.75, 3.05) is 13.4 Å². The van der Waals surface area contributed by atoms with Crippen LogP contribution in [0, 0.1) is 6.92 Å². The minimum atomic E-state index is -3.92. The summed E-state index contributed by atoms with van der Waals surface area (Å²) in [5.41, 5.74) is 3.54. The molecule has 0 N–H and O–H groups in total. The predicted octanol–water partition coefficient (Wildman–Crippen LogP) is 5.67. The fourth-order valence-electron chi connectivity index (χ4n) is 3.79. The van der Waals surface area contributed by atoms with E-state index in [4.69, 9.17) is 22.4 Å². The fourth-order valence-corrected chi connectivity index (χ4v) is 5.05. The molecule has 4 aromatic rings. The van der Waals surface area contributed by atoms with Crippen molar-refractivity contribution in [1.82, 2.24) is 0 Å². The first-order valence-electron chi connectivity index (χ1n) is 12.5. The normalized spacial score (nSPS) is 10.9. The molecular weight excluding hydrogens is 698 g/mol. The van der Waals surface area contributed by atoms with Crippen molar-refractivity contribution in [2.24, 2.45) is 0 Å². The van der Waals surface area contributed by atoms with Crippen molar-refractivity contribution in [1.29, 1.82) is 0 Å². The summed E-state index contributed by atoms with van der Waals surface area (Å²) in [6.07, 6.45) is -1.35. The zero-order chi connectivity index (χ0) is 32.4. The van der Waals surface area contributed by atoms with Crippen LogP contribution < -0.4 is 39.0 Å². The molecule has 0 aliphatic heterocycles. The number of rotatable bonds is 7. The number of hydrogen-bond donors (Lipinski definition) is 0. The third kappa shape index (κ3) is 15.4. The largest absolute Gasteiger partial charge is 1.00 e. The number of halogens is 1. The van der Waals surface area contributed by atoms with Crippen LogP contribution in [0.15, 0.2) is 107 Å². The average Bonchev–Trinajstić information content (AvgIpc) is 2.93. The van der Waals surface area contributed by atoms with Gasteiger partial charge in [-0.1, -0.05) is 70.7 Å². The maximum Gasteiger partial charge on any atom is 1.00 e. The van der Waals surface area contributed by atoms with Gasteiger partial charge in [0.15, 0.2) is 11.8 Å². The van der Waals surface area contributed by atoms with Crippen LogP contribution in [-0.4, -0.2) is 34.8 Å². The molecule has 0 amide bonds. The number of hydrogen-bond acceptors (Lipinski definition) is 9. The number of sulfone groups is 1. The van der Waals surface area contributed by atoms with Crippen LogP contribution in [0.1, 0.15) is 45.4 Å². The first-order valence-corrected chi connectivity index (χ1v) is 19.0. The average molecular weight is 737 g/mol. The van der Waals surface area contributed by atoms with Gasteiger partial charge in [0.1, 0.15) is 17.2 Å². The van der Waals surface area contributed by atoms with Crippen LogP contribution in [0.5, 0.6) is 17.2 Å². The number of methoxy groups -OCH3 is 1. The maximum atomic E-state index is 12.9. The van der Waals surface area contributed by atoms with E-state index in [1.807, 2.05) is 12.1 Å². The molecule has 0 radical (unpaired) electrons. The quantitative estimate of drug-likeness (QED) is 0.103. The van der Waals surface area contributed by atoms with Crippen molar-refractivity contribution in [3.63, 3.8) is 0 Å². The van der Waals surface area contributed by atoms with Crippen LogP contribution in [0.25, 0.3) is 0 Å². The van der Waals surface area contributed by atoms with Gasteiger partial charge in [-0.3, -0.25) is 0 Å². The van der Waals surface area contributed by atoms with E-state index >= 15 is 0 Å². The molecule has 0 bridgehead atoms. The minimum absolute atomic E-state index is 0. The summed E-state index contributed by atoms with van der Waals surface area (Å²) >= 11 is 7.67. The second-order valence-corrected chi connectivity index (χ2v) is 16.1. The Bertz CT molecular complexity index is 1700. The molecule has 0 saturated heterocycles. The van der Waals surface area contributed by atoms with Gasteiger partial charge >= 0.3 is 29.6 Å². The number of ether oxygens (including phenoxy) is 2. The van der Waals surface area contributed by atoms with E-state index in [0.29, 0.717) is 23.5 Å². The van der Waals surface area contributed by atoms with Crippen LogP contribution in [-0.2, 0) is 49.4 Å². The standard InChI is InChI=1S/C29H28O4S.CH4O3S.2CH4.FPS2.Na/c1-21-5-7-22(8-6-21)29(2,3)23-9-11-25(12-10-23)33-26-15-19-28(20-16-26)34(30,31)27-17-13-24(32-4)14-18-27;1-5(2,3)4;;;1-2(3)4;/h5-20H,1-4H3;1H3,(H,2,3,4);2*1H4;;/q;;;;;+1/p-1. The van der Waals surface area contributed by atoms with Gasteiger partial charge in [0.2, 0.25) is 9.84 Å². The molecule has 4 rings (SSSR count). The Labute approximate surface area is 307 Å². The predicted molar refractivity (Wildman–Crippen MR) is 187 cm³/mol. The SMILES string of the molecule is C.C.COc1ccc(S(=O)(=O)c2ccc(Oc3ccc(C(C)(C)c4ccc(C)cc4)cc3)cc2)cc1.CS(=O)(=O)[O-].F[P+](=S)[S-].[Na+]. The molecule has 0 heterocycles. The van der Waals surface area contributed by atoms with Crippen molar-refractivity contribution >= 4 is 50.2 Å². The third-order valence-electron chi connectivity index (χ3n) is 6.09. The van der Waals surface area contributed by atoms with Gasteiger partial charge in [-0.25, -0.2) is 16.8 Å². The van der Waals surface area contributed by atoms with Gasteiger partial charge in [0, 0.05) is 11.7 Å². The van der Waals surface area contributed by atoms with E-state index in [0.717, 1.165) is 0 Å². The Kier molecular flexibility index (Phi) is 20.6. The Morgan fingerprint density at radius 3 is 1.35 bits per heavy atom. The minimum Gasteiger partial charge on any atom is -0.748 e. The summed E-state index contributed by atoms with van der Waals surface area (Å²) in [7, 11) is -5.99. The smallest absolute Gasteiger partial charge is 0.748 e. The van der Waals surface area contributed by atoms with Gasteiger partial charge < -0.3 is 26.3 Å². The zero-order valence-electron chi connectivity index (χ0n) is 25.1. The maximum absolute atomic E-state index is 12.9. The van der Waals surface area contributed by atoms with Gasteiger partial charge in [0.05, 0.1) is 27.0 Å². The molecule has 0 saturated carbocycles. The molecule has 246 valence electrons. The van der Waals surface area contributed by atoms with Crippen LogP contribution in [0.4, 0.5) is 4.20 Å². The van der Waals surface area contributed by atoms with E-state index in [9.17, 15) is 12.6 Å². The fraction of sp³-hybridized carbons (Fsp3) is 0.250. The first kappa shape index (κ1) is 46.3. The Morgan fingerprint density at radius 2 is 1.02 bits per heavy atom. The monoisotopic (exact) mass is 736 g/mol. The zero-order valence-corrected chi connectivity index (χ0v) is 31.2. The van der Waals surface area contributed by atoms with Gasteiger partial charge in [0.25, 0.3) is 6.21 Å². The molecule has 0 aliphatic carbocycles. The first-order chi connectivity index (χ1) is 19.9. The molecule has 1 unspecified atom stereocenters. The van der Waals surface area contributed by atoms with Crippen LogP contribution in [0.3, 0.4) is 0 Å². The van der Waals surface area contributed by atoms with Crippen molar-refractivity contribution in [2.45, 2.75) is 50.8 Å². The van der Waals surface area contributed by atoms with E-state index in [1.54, 1.807) is 43.5 Å². The summed E-state index contributed by atoms with van der Waals surface area (Å²) in [5, 5.41) is 0. The van der Waals surface area contributed by atoms with Crippen molar-refractivity contribution in [3.8, 4) is 17.2 Å². The van der Waals surface area contributed by atoms with Crippen LogP contribution in [0.2, 0.25) is 0 Å². The number of aryl methyl sites for hydroxylation is 1. The molecule has 1 atom stereocenters. The molecule has 7 nitrogen and oxygen atoms in total. The Balaban J connectivity index is 0. The molecule has 0 aromatic heterocycles. The molecule has 0 fully saturated rings. The summed E-state index contributed by atoms with van der Waals surface area (Å²) in [5.74, 6) is 1.87. The summed E-state index contributed by atoms with van der Waals surface area (Å²) in [6.45, 7) is 6.50. The molecular formula is C32H39FNaO7PS4. The van der Waals surface area contributed by atoms with E-state index < -0.39 is 26.2 Å². The molecule has 0 spiro atoms. The topological polar surface area (TPSA) is 110 Å². The summed E-state index contributed by atoms with van der Waals surface area (Å²) in [6, 6.07) is 29.4. The van der Waals surface area contributed by atoms with E-state index in [2.05, 4.69) is 81.2 Å². The molecule has 0 aliphatic rings. The summed E-state index contributed by atoms with van der Waals surface area (Å²) in [4.78, 5) is 0.425. The third-order valence-corrected chi connectivity index (χ3v) is 7.87. The second kappa shape index (κ2) is 20.5. The van der Waals surface area contributed by atoms with Crippen molar-refractivity contribution in [3.05, 3.63) is 114 Å². The van der Waals surface area contributed by atoms with Crippen molar-refractivity contribution < 1.29 is 64.6 Å². The second-order valence-electron chi connectivity index (χ2n) is 9.68.